The standard InChI is InChI=1S/C19H14N2O3S/c22-18-17-16(14-10-4-5-11-15(14)25-17)20(19(23)21(18)24)12-6-9-13-7-2-1-3-8-13/h1-11,24H,12H2/b9-6+. The van der Waals surface area contributed by atoms with E-state index in [1.807, 2.05) is 66.7 Å². The molecular weight excluding hydrogens is 336 g/mol. The van der Waals surface area contributed by atoms with Gasteiger partial charge in [-0.05, 0) is 11.6 Å². The van der Waals surface area contributed by atoms with E-state index >= 15 is 0 Å². The molecule has 6 heteroatoms. The minimum atomic E-state index is -0.737. The van der Waals surface area contributed by atoms with Crippen LogP contribution >= 0.6 is 11.3 Å². The van der Waals surface area contributed by atoms with Gasteiger partial charge in [0.2, 0.25) is 0 Å². The van der Waals surface area contributed by atoms with E-state index in [0.29, 0.717) is 10.2 Å². The molecular formula is C19H14N2O3S. The second kappa shape index (κ2) is 6.07. The zero-order valence-electron chi connectivity index (χ0n) is 13.1. The third kappa shape index (κ3) is 2.56. The van der Waals surface area contributed by atoms with Crippen LogP contribution in [-0.2, 0) is 6.54 Å². The first-order chi connectivity index (χ1) is 12.2. The van der Waals surface area contributed by atoms with Crippen molar-refractivity contribution in [1.29, 1.82) is 0 Å². The average molecular weight is 350 g/mol. The summed E-state index contributed by atoms with van der Waals surface area (Å²) in [5.41, 5.74) is 0.168. The van der Waals surface area contributed by atoms with Gasteiger partial charge < -0.3 is 5.21 Å². The summed E-state index contributed by atoms with van der Waals surface area (Å²) in [7, 11) is 0. The lowest BCUT2D eigenvalue weighted by Crippen LogP contribution is -2.38. The van der Waals surface area contributed by atoms with Gasteiger partial charge in [0.05, 0.1) is 5.52 Å². The summed E-state index contributed by atoms with van der Waals surface area (Å²) < 4.78 is 2.89. The molecule has 0 fully saturated rings. The minimum absolute atomic E-state index is 0.189. The maximum absolute atomic E-state index is 12.4. The van der Waals surface area contributed by atoms with E-state index < -0.39 is 11.2 Å². The summed E-state index contributed by atoms with van der Waals surface area (Å²) in [6.07, 6.45) is 3.74. The van der Waals surface area contributed by atoms with Crippen molar-refractivity contribution in [3.05, 3.63) is 87.1 Å². The highest BCUT2D eigenvalue weighted by Gasteiger charge is 2.16. The van der Waals surface area contributed by atoms with Crippen LogP contribution in [-0.4, -0.2) is 14.5 Å². The Morgan fingerprint density at radius 3 is 2.52 bits per heavy atom. The molecule has 0 spiro atoms. The molecule has 1 N–H and O–H groups in total. The lowest BCUT2D eigenvalue weighted by atomic mass is 10.2. The Kier molecular flexibility index (Phi) is 3.74. The summed E-state index contributed by atoms with van der Waals surface area (Å²) in [4.78, 5) is 24.7. The number of thiophene rings is 1. The molecule has 4 aromatic rings. The van der Waals surface area contributed by atoms with E-state index in [4.69, 9.17) is 0 Å². The van der Waals surface area contributed by atoms with Gasteiger partial charge >= 0.3 is 11.2 Å². The van der Waals surface area contributed by atoms with E-state index in [1.54, 1.807) is 0 Å². The van der Waals surface area contributed by atoms with Gasteiger partial charge in [0.1, 0.15) is 4.70 Å². The minimum Gasteiger partial charge on any atom is -0.421 e. The molecule has 0 amide bonds. The molecule has 0 saturated carbocycles. The number of allylic oxidation sites excluding steroid dienone is 1. The van der Waals surface area contributed by atoms with Gasteiger partial charge in [0.25, 0.3) is 0 Å². The molecule has 0 saturated heterocycles. The van der Waals surface area contributed by atoms with Crippen molar-refractivity contribution in [2.24, 2.45) is 0 Å². The maximum Gasteiger partial charge on any atom is 0.365 e. The molecule has 0 atom stereocenters. The first kappa shape index (κ1) is 15.4. The Morgan fingerprint density at radius 1 is 1.00 bits per heavy atom. The Balaban J connectivity index is 1.92. The van der Waals surface area contributed by atoms with Crippen molar-refractivity contribution in [1.82, 2.24) is 9.30 Å². The van der Waals surface area contributed by atoms with E-state index in [9.17, 15) is 14.8 Å². The molecule has 25 heavy (non-hydrogen) atoms. The van der Waals surface area contributed by atoms with Crippen molar-refractivity contribution >= 4 is 37.7 Å². The van der Waals surface area contributed by atoms with Crippen LogP contribution in [0.2, 0.25) is 0 Å². The molecule has 2 aromatic carbocycles. The van der Waals surface area contributed by atoms with Crippen molar-refractivity contribution in [2.45, 2.75) is 6.54 Å². The third-order valence-corrected chi connectivity index (χ3v) is 5.18. The first-order valence-corrected chi connectivity index (χ1v) is 8.56. The Bertz CT molecular complexity index is 1220. The van der Waals surface area contributed by atoms with Crippen LogP contribution in [0.15, 0.2) is 70.3 Å². The van der Waals surface area contributed by atoms with Crippen molar-refractivity contribution in [3.63, 3.8) is 0 Å². The second-order valence-electron chi connectivity index (χ2n) is 5.60. The monoisotopic (exact) mass is 350 g/mol. The number of benzene rings is 2. The van der Waals surface area contributed by atoms with E-state index in [0.717, 1.165) is 15.6 Å². The van der Waals surface area contributed by atoms with Crippen LogP contribution in [0.1, 0.15) is 5.56 Å². The second-order valence-corrected chi connectivity index (χ2v) is 6.65. The number of nitrogens with zero attached hydrogens (tertiary/aromatic N) is 2. The fourth-order valence-electron chi connectivity index (χ4n) is 2.87. The third-order valence-electron chi connectivity index (χ3n) is 4.04. The maximum atomic E-state index is 12.4. The van der Waals surface area contributed by atoms with Crippen LogP contribution in [0.5, 0.6) is 0 Å². The Hall–Kier alpha value is -3.12. The first-order valence-electron chi connectivity index (χ1n) is 7.75. The van der Waals surface area contributed by atoms with Crippen LogP contribution in [0.4, 0.5) is 0 Å². The van der Waals surface area contributed by atoms with Gasteiger partial charge in [-0.1, -0.05) is 65.4 Å². The van der Waals surface area contributed by atoms with Crippen LogP contribution < -0.4 is 11.2 Å². The van der Waals surface area contributed by atoms with Crippen molar-refractivity contribution in [2.75, 3.05) is 0 Å². The summed E-state index contributed by atoms with van der Waals surface area (Å²) in [6, 6.07) is 17.3. The molecule has 0 bridgehead atoms. The van der Waals surface area contributed by atoms with Gasteiger partial charge in [0.15, 0.2) is 0 Å². The predicted octanol–water partition coefficient (Wildman–Crippen LogP) is 3.33. The number of rotatable bonds is 3. The SMILES string of the molecule is O=c1c2sc3ccccc3c2n(C/C=C/c2ccccc2)c(=O)n1O. The van der Waals surface area contributed by atoms with Crippen LogP contribution in [0.25, 0.3) is 26.4 Å². The summed E-state index contributed by atoms with van der Waals surface area (Å²) in [5, 5.41) is 10.7. The van der Waals surface area contributed by atoms with Crippen LogP contribution in [0.3, 0.4) is 0 Å². The van der Waals surface area contributed by atoms with E-state index in [-0.39, 0.29) is 11.3 Å². The fourth-order valence-corrected chi connectivity index (χ4v) is 4.00. The molecule has 2 heterocycles. The van der Waals surface area contributed by atoms with Gasteiger partial charge in [-0.25, -0.2) is 4.79 Å². The highest BCUT2D eigenvalue weighted by atomic mass is 32.1. The highest BCUT2D eigenvalue weighted by Crippen LogP contribution is 2.30. The van der Waals surface area contributed by atoms with Gasteiger partial charge in [-0.2, -0.15) is 0 Å². The largest absolute Gasteiger partial charge is 0.421 e. The molecule has 0 aliphatic rings. The highest BCUT2D eigenvalue weighted by molar-refractivity contribution is 7.25. The molecule has 124 valence electrons. The summed E-state index contributed by atoms with van der Waals surface area (Å²) in [5.74, 6) is 0. The summed E-state index contributed by atoms with van der Waals surface area (Å²) >= 11 is 1.28. The van der Waals surface area contributed by atoms with Crippen molar-refractivity contribution in [3.8, 4) is 0 Å². The molecule has 0 aliphatic carbocycles. The smallest absolute Gasteiger partial charge is 0.365 e. The lowest BCUT2D eigenvalue weighted by Gasteiger charge is -2.07. The zero-order chi connectivity index (χ0) is 17.4. The van der Waals surface area contributed by atoms with Gasteiger partial charge in [-0.15, -0.1) is 11.3 Å². The molecule has 4 rings (SSSR count). The molecule has 0 aliphatic heterocycles. The molecule has 0 unspecified atom stereocenters. The summed E-state index contributed by atoms with van der Waals surface area (Å²) in [6.45, 7) is 0.256. The molecule has 0 radical (unpaired) electrons. The Labute approximate surface area is 146 Å². The topological polar surface area (TPSA) is 64.2 Å². The normalized spacial score (nSPS) is 11.7. The van der Waals surface area contributed by atoms with E-state index in [1.165, 1.54) is 15.9 Å². The Morgan fingerprint density at radius 2 is 1.72 bits per heavy atom. The average Bonchev–Trinajstić information content (AvgIpc) is 3.03. The predicted molar refractivity (Wildman–Crippen MR) is 101 cm³/mol. The van der Waals surface area contributed by atoms with Crippen LogP contribution in [0, 0.1) is 0 Å². The van der Waals surface area contributed by atoms with Crippen molar-refractivity contribution < 1.29 is 5.21 Å². The fraction of sp³-hybridized carbons (Fsp3) is 0.0526. The zero-order valence-corrected chi connectivity index (χ0v) is 13.9. The number of hydrogen-bond donors (Lipinski definition) is 1. The number of fused-ring (bicyclic) bond motifs is 3. The molecule has 5 nitrogen and oxygen atoms in total. The number of hydrogen-bond acceptors (Lipinski definition) is 4. The molecule has 2 aromatic heterocycles. The van der Waals surface area contributed by atoms with Gasteiger partial charge in [0, 0.05) is 16.6 Å². The van der Waals surface area contributed by atoms with Gasteiger partial charge in [-0.3, -0.25) is 9.36 Å². The number of aromatic nitrogens is 2. The quantitative estimate of drug-likeness (QED) is 0.577. The lowest BCUT2D eigenvalue weighted by molar-refractivity contribution is 0.158. The van der Waals surface area contributed by atoms with E-state index in [2.05, 4.69) is 0 Å².